The predicted octanol–water partition coefficient (Wildman–Crippen LogP) is 4.17. The Bertz CT molecular complexity index is 853. The Kier molecular flexibility index (Phi) is 7.98. The van der Waals surface area contributed by atoms with E-state index in [-0.39, 0.29) is 44.1 Å². The van der Waals surface area contributed by atoms with Crippen molar-refractivity contribution in [1.82, 2.24) is 0 Å². The normalized spacial score (nSPS) is 10.3. The number of hydrogen-bond donors (Lipinski definition) is 1. The standard InChI is InChI=1S/C17H18N5O3.Y/c1-11-7-12(2)17(16(8-11)22(24)25)20-19-14-6-5-13(21(3)4)9-15(14)18-10-23;/h5-9H,1-4H3,(H,18,23);/q-1;+3. The van der Waals surface area contributed by atoms with Crippen LogP contribution in [0.2, 0.25) is 0 Å². The molecule has 9 heteroatoms. The monoisotopic (exact) mass is 429 g/mol. The van der Waals surface area contributed by atoms with E-state index in [1.54, 1.807) is 44.5 Å². The molecule has 0 saturated heterocycles. The summed E-state index contributed by atoms with van der Waals surface area (Å²) in [5.74, 6) is 0. The first kappa shape index (κ1) is 21.9. The zero-order valence-corrected chi connectivity index (χ0v) is 17.8. The van der Waals surface area contributed by atoms with Gasteiger partial charge in [-0.3, -0.25) is 10.1 Å². The van der Waals surface area contributed by atoms with Gasteiger partial charge in [-0.2, -0.15) is 5.11 Å². The molecule has 1 amide bonds. The van der Waals surface area contributed by atoms with Crippen LogP contribution < -0.4 is 10.2 Å². The molecule has 0 saturated carbocycles. The molecule has 2 rings (SSSR count). The van der Waals surface area contributed by atoms with E-state index < -0.39 is 4.92 Å². The van der Waals surface area contributed by atoms with Gasteiger partial charge in [0.15, 0.2) is 5.69 Å². The maximum atomic E-state index is 11.3. The Balaban J connectivity index is 0.00000338. The fourth-order valence-corrected chi connectivity index (χ4v) is 2.36. The number of nitrogens with one attached hydrogen (secondary N) is 1. The quantitative estimate of drug-likeness (QED) is 0.245. The van der Waals surface area contributed by atoms with Gasteiger partial charge in [0.25, 0.3) is 5.69 Å². The number of nitro benzene ring substituents is 1. The summed E-state index contributed by atoms with van der Waals surface area (Å²) in [6.07, 6.45) is 1.61. The second-order valence-corrected chi connectivity index (χ2v) is 5.73. The van der Waals surface area contributed by atoms with Gasteiger partial charge in [-0.05, 0) is 37.1 Å². The van der Waals surface area contributed by atoms with Crippen molar-refractivity contribution in [2.45, 2.75) is 13.8 Å². The van der Waals surface area contributed by atoms with Gasteiger partial charge >= 0.3 is 32.7 Å². The van der Waals surface area contributed by atoms with E-state index in [0.29, 0.717) is 16.9 Å². The first-order valence-electron chi connectivity index (χ1n) is 7.45. The summed E-state index contributed by atoms with van der Waals surface area (Å²) in [6, 6.07) is 8.45. The van der Waals surface area contributed by atoms with Gasteiger partial charge in [-0.15, -0.1) is 5.11 Å². The van der Waals surface area contributed by atoms with Crippen molar-refractivity contribution < 1.29 is 42.4 Å². The van der Waals surface area contributed by atoms with Gasteiger partial charge in [-0.1, -0.05) is 17.8 Å². The minimum absolute atomic E-state index is 0. The molecule has 0 unspecified atom stereocenters. The van der Waals surface area contributed by atoms with Crippen LogP contribution in [-0.2, 0) is 37.5 Å². The first-order valence-corrected chi connectivity index (χ1v) is 7.45. The van der Waals surface area contributed by atoms with E-state index in [2.05, 4.69) is 15.5 Å². The van der Waals surface area contributed by atoms with Crippen LogP contribution in [0, 0.1) is 24.0 Å². The Labute approximate surface area is 176 Å². The summed E-state index contributed by atoms with van der Waals surface area (Å²) in [5, 5.41) is 21.9. The van der Waals surface area contributed by atoms with Crippen LogP contribution in [0.1, 0.15) is 11.1 Å². The molecule has 0 spiro atoms. The third-order valence-corrected chi connectivity index (χ3v) is 3.56. The second-order valence-electron chi connectivity index (χ2n) is 5.73. The number of benzene rings is 2. The van der Waals surface area contributed by atoms with Crippen LogP contribution in [-0.4, -0.2) is 25.4 Å². The molecule has 0 fully saturated rings. The number of amides is 1. The molecule has 0 heterocycles. The van der Waals surface area contributed by atoms with Gasteiger partial charge in [-0.25, -0.2) is 0 Å². The summed E-state index contributed by atoms with van der Waals surface area (Å²) >= 11 is 0. The Morgan fingerprint density at radius 3 is 2.42 bits per heavy atom. The number of azo groups is 1. The summed E-state index contributed by atoms with van der Waals surface area (Å²) in [7, 11) is 3.73. The number of aryl methyl sites for hydroxylation is 2. The molecule has 8 nitrogen and oxygen atoms in total. The molecule has 26 heavy (non-hydrogen) atoms. The van der Waals surface area contributed by atoms with Crippen molar-refractivity contribution in [2.24, 2.45) is 10.2 Å². The Hall–Kier alpha value is -2.19. The Morgan fingerprint density at radius 2 is 1.85 bits per heavy atom. The number of hydrogen-bond acceptors (Lipinski definition) is 6. The molecule has 130 valence electrons. The van der Waals surface area contributed by atoms with E-state index in [1.165, 1.54) is 6.07 Å². The van der Waals surface area contributed by atoms with Crippen molar-refractivity contribution >= 4 is 34.8 Å². The molecule has 2 aromatic rings. The van der Waals surface area contributed by atoms with Gasteiger partial charge in [0.2, 0.25) is 0 Å². The first-order chi connectivity index (χ1) is 11.8. The number of nitro groups is 1. The minimum Gasteiger partial charge on any atom is -0.488 e. The SMILES string of the molecule is Cc1cc(C)c(N=Nc2ccc(N(C)C)cc2N[C-]=O)c([N+](=O)[O-])c1.[Y+3]. The van der Waals surface area contributed by atoms with Crippen molar-refractivity contribution in [3.63, 3.8) is 0 Å². The third-order valence-electron chi connectivity index (χ3n) is 3.56. The number of rotatable bonds is 6. The summed E-state index contributed by atoms with van der Waals surface area (Å²) in [6.45, 7) is 3.52. The van der Waals surface area contributed by atoms with Crippen LogP contribution in [0.5, 0.6) is 0 Å². The zero-order valence-electron chi connectivity index (χ0n) is 15.0. The van der Waals surface area contributed by atoms with Gasteiger partial charge < -0.3 is 15.0 Å². The summed E-state index contributed by atoms with van der Waals surface area (Å²) in [5.41, 5.74) is 3.15. The van der Waals surface area contributed by atoms with Crippen molar-refractivity contribution in [2.75, 3.05) is 24.3 Å². The molecular weight excluding hydrogens is 411 g/mol. The number of nitrogens with zero attached hydrogens (tertiary/aromatic N) is 4. The molecule has 2 aromatic carbocycles. The van der Waals surface area contributed by atoms with Gasteiger partial charge in [0.1, 0.15) is 0 Å². The Morgan fingerprint density at radius 1 is 1.15 bits per heavy atom. The second kappa shape index (κ2) is 9.49. The summed E-state index contributed by atoms with van der Waals surface area (Å²) in [4.78, 5) is 23.3. The van der Waals surface area contributed by atoms with E-state index in [4.69, 9.17) is 0 Å². The number of anilines is 2. The molecule has 0 aliphatic rings. The molecular formula is C17H18N5O3Y+2. The molecule has 0 bridgehead atoms. The zero-order chi connectivity index (χ0) is 18.6. The molecule has 1 N–H and O–H groups in total. The van der Waals surface area contributed by atoms with Crippen LogP contribution in [0.3, 0.4) is 0 Å². The molecule has 0 aliphatic carbocycles. The van der Waals surface area contributed by atoms with E-state index in [0.717, 1.165) is 11.3 Å². The average molecular weight is 429 g/mol. The van der Waals surface area contributed by atoms with E-state index >= 15 is 0 Å². The molecule has 0 aromatic heterocycles. The topological polar surface area (TPSA) is 100 Å². The van der Waals surface area contributed by atoms with Crippen LogP contribution in [0.25, 0.3) is 0 Å². The molecule has 0 atom stereocenters. The summed E-state index contributed by atoms with van der Waals surface area (Å²) < 4.78 is 0. The minimum atomic E-state index is -0.484. The fourth-order valence-electron chi connectivity index (χ4n) is 2.36. The largest absolute Gasteiger partial charge is 3.00 e. The van der Waals surface area contributed by atoms with Gasteiger partial charge in [0.05, 0.1) is 11.3 Å². The number of carbonyl (C=O) groups excluding carboxylic acids is 1. The van der Waals surface area contributed by atoms with E-state index in [9.17, 15) is 14.9 Å². The van der Waals surface area contributed by atoms with Crippen LogP contribution in [0.15, 0.2) is 40.6 Å². The van der Waals surface area contributed by atoms with Gasteiger partial charge in [0, 0.05) is 31.5 Å². The fraction of sp³-hybridized carbons (Fsp3) is 0.235. The predicted molar refractivity (Wildman–Crippen MR) is 96.8 cm³/mol. The van der Waals surface area contributed by atoms with Crippen LogP contribution >= 0.6 is 0 Å². The maximum absolute atomic E-state index is 11.3. The van der Waals surface area contributed by atoms with E-state index in [1.807, 2.05) is 19.0 Å². The van der Waals surface area contributed by atoms with Crippen molar-refractivity contribution in [3.8, 4) is 0 Å². The van der Waals surface area contributed by atoms with Crippen molar-refractivity contribution in [3.05, 3.63) is 51.6 Å². The average Bonchev–Trinajstić information content (AvgIpc) is 2.54. The van der Waals surface area contributed by atoms with Crippen molar-refractivity contribution in [1.29, 1.82) is 0 Å². The third kappa shape index (κ3) is 5.16. The van der Waals surface area contributed by atoms with Crippen LogP contribution in [0.4, 0.5) is 28.4 Å². The molecule has 0 radical (unpaired) electrons. The molecule has 0 aliphatic heterocycles. The smallest absolute Gasteiger partial charge is 0.488 e. The maximum Gasteiger partial charge on any atom is 3.00 e.